The molecule has 0 aliphatic heterocycles. The van der Waals surface area contributed by atoms with Crippen LogP contribution in [-0.2, 0) is 4.74 Å². The summed E-state index contributed by atoms with van der Waals surface area (Å²) in [5.41, 5.74) is 3.87. The molecule has 0 radical (unpaired) electrons. The number of ether oxygens (including phenoxy) is 1. The van der Waals surface area contributed by atoms with Crippen molar-refractivity contribution in [2.45, 2.75) is 66.0 Å². The summed E-state index contributed by atoms with van der Waals surface area (Å²) in [7, 11) is 0. The molecule has 0 aromatic heterocycles. The lowest BCUT2D eigenvalue weighted by Gasteiger charge is -2.40. The molecule has 0 saturated carbocycles. The lowest BCUT2D eigenvalue weighted by atomic mass is 9.82. The third-order valence-electron chi connectivity index (χ3n) is 4.14. The van der Waals surface area contributed by atoms with Gasteiger partial charge in [0.1, 0.15) is 0 Å². The summed E-state index contributed by atoms with van der Waals surface area (Å²) >= 11 is 0. The van der Waals surface area contributed by atoms with Crippen LogP contribution in [0, 0.1) is 13.8 Å². The van der Waals surface area contributed by atoms with Gasteiger partial charge in [0.25, 0.3) is 0 Å². The first-order chi connectivity index (χ1) is 9.52. The number of aryl methyl sites for hydroxylation is 2. The van der Waals surface area contributed by atoms with Gasteiger partial charge in [0.15, 0.2) is 0 Å². The number of hydrogen-bond donors (Lipinski definition) is 1. The van der Waals surface area contributed by atoms with Gasteiger partial charge < -0.3 is 10.1 Å². The van der Waals surface area contributed by atoms with Gasteiger partial charge in [-0.05, 0) is 45.7 Å². The average Bonchev–Trinajstić information content (AvgIpc) is 2.41. The molecule has 0 bridgehead atoms. The van der Waals surface area contributed by atoms with Crippen molar-refractivity contribution in [3.05, 3.63) is 34.9 Å². The van der Waals surface area contributed by atoms with Crippen molar-refractivity contribution in [2.75, 3.05) is 13.2 Å². The third-order valence-corrected chi connectivity index (χ3v) is 4.14. The fourth-order valence-corrected chi connectivity index (χ4v) is 3.22. The maximum atomic E-state index is 6.21. The molecular formula is C18H31NO. The van der Waals surface area contributed by atoms with Crippen LogP contribution in [0.3, 0.4) is 0 Å². The van der Waals surface area contributed by atoms with Crippen LogP contribution in [0.4, 0.5) is 0 Å². The van der Waals surface area contributed by atoms with E-state index in [0.29, 0.717) is 0 Å². The molecule has 1 aromatic carbocycles. The molecule has 0 aliphatic rings. The lowest BCUT2D eigenvalue weighted by Crippen LogP contribution is -2.45. The first kappa shape index (κ1) is 17.2. The minimum Gasteiger partial charge on any atom is -0.373 e. The van der Waals surface area contributed by atoms with Crippen LogP contribution < -0.4 is 5.32 Å². The summed E-state index contributed by atoms with van der Waals surface area (Å²) < 4.78 is 6.21. The first-order valence-electron chi connectivity index (χ1n) is 7.98. The Labute approximate surface area is 124 Å². The fraction of sp³-hybridized carbons (Fsp3) is 0.667. The largest absolute Gasteiger partial charge is 0.373 e. The zero-order valence-electron chi connectivity index (χ0n) is 14.0. The SMILES string of the molecule is CCNC(c1cc(C)cc(C)c1)C(CC)(CC)OCC. The summed E-state index contributed by atoms with van der Waals surface area (Å²) in [5.74, 6) is 0. The van der Waals surface area contributed by atoms with E-state index in [9.17, 15) is 0 Å². The quantitative estimate of drug-likeness (QED) is 0.752. The average molecular weight is 277 g/mol. The van der Waals surface area contributed by atoms with Crippen LogP contribution >= 0.6 is 0 Å². The molecule has 1 aromatic rings. The fourth-order valence-electron chi connectivity index (χ4n) is 3.22. The Bertz CT molecular complexity index is 390. The van der Waals surface area contributed by atoms with E-state index in [-0.39, 0.29) is 11.6 Å². The van der Waals surface area contributed by atoms with Gasteiger partial charge in [-0.3, -0.25) is 0 Å². The van der Waals surface area contributed by atoms with Gasteiger partial charge in [0.2, 0.25) is 0 Å². The van der Waals surface area contributed by atoms with Crippen LogP contribution in [0.25, 0.3) is 0 Å². The van der Waals surface area contributed by atoms with Gasteiger partial charge in [-0.15, -0.1) is 0 Å². The second-order valence-electron chi connectivity index (χ2n) is 5.62. The summed E-state index contributed by atoms with van der Waals surface area (Å²) in [5, 5.41) is 3.66. The summed E-state index contributed by atoms with van der Waals surface area (Å²) in [6.07, 6.45) is 2.03. The van der Waals surface area contributed by atoms with Crippen LogP contribution in [0.1, 0.15) is 63.3 Å². The van der Waals surface area contributed by atoms with Gasteiger partial charge in [-0.1, -0.05) is 50.1 Å². The van der Waals surface area contributed by atoms with E-state index in [0.717, 1.165) is 26.0 Å². The zero-order chi connectivity index (χ0) is 15.2. The van der Waals surface area contributed by atoms with Crippen LogP contribution in [0.5, 0.6) is 0 Å². The van der Waals surface area contributed by atoms with E-state index < -0.39 is 0 Å². The Hall–Kier alpha value is -0.860. The number of likely N-dealkylation sites (N-methyl/N-ethyl adjacent to an activating group) is 1. The van der Waals surface area contributed by atoms with Gasteiger partial charge in [-0.25, -0.2) is 0 Å². The summed E-state index contributed by atoms with van der Waals surface area (Å²) in [6.45, 7) is 14.8. The number of benzene rings is 1. The van der Waals surface area contributed by atoms with Crippen molar-refractivity contribution in [1.82, 2.24) is 5.32 Å². The Morgan fingerprint density at radius 2 is 1.55 bits per heavy atom. The Balaban J connectivity index is 3.25. The normalized spacial score (nSPS) is 13.5. The predicted molar refractivity (Wildman–Crippen MR) is 87.3 cm³/mol. The molecule has 0 aliphatic carbocycles. The molecule has 0 amide bonds. The van der Waals surface area contributed by atoms with Gasteiger partial charge in [0.05, 0.1) is 11.6 Å². The minimum atomic E-state index is -0.120. The van der Waals surface area contributed by atoms with Crippen molar-refractivity contribution < 1.29 is 4.74 Å². The van der Waals surface area contributed by atoms with E-state index in [1.165, 1.54) is 16.7 Å². The molecule has 1 rings (SSSR count). The van der Waals surface area contributed by atoms with E-state index in [4.69, 9.17) is 4.74 Å². The van der Waals surface area contributed by atoms with E-state index >= 15 is 0 Å². The molecule has 0 fully saturated rings. The molecule has 0 saturated heterocycles. The van der Waals surface area contributed by atoms with Gasteiger partial charge >= 0.3 is 0 Å². The molecule has 1 N–H and O–H groups in total. The second-order valence-corrected chi connectivity index (χ2v) is 5.62. The lowest BCUT2D eigenvalue weighted by molar-refractivity contribution is -0.0730. The standard InChI is InChI=1S/C18H31NO/c1-7-18(8-2,20-10-4)17(19-9-3)16-12-14(5)11-15(6)13-16/h11-13,17,19H,7-10H2,1-6H3. The van der Waals surface area contributed by atoms with Crippen LogP contribution in [0.2, 0.25) is 0 Å². The van der Waals surface area contributed by atoms with Crippen LogP contribution in [-0.4, -0.2) is 18.8 Å². The minimum absolute atomic E-state index is 0.120. The zero-order valence-corrected chi connectivity index (χ0v) is 14.0. The second kappa shape index (κ2) is 7.80. The molecule has 114 valence electrons. The van der Waals surface area contributed by atoms with Gasteiger partial charge in [-0.2, -0.15) is 0 Å². The van der Waals surface area contributed by atoms with Crippen LogP contribution in [0.15, 0.2) is 18.2 Å². The summed E-state index contributed by atoms with van der Waals surface area (Å²) in [4.78, 5) is 0. The molecule has 1 unspecified atom stereocenters. The molecule has 20 heavy (non-hydrogen) atoms. The molecule has 0 heterocycles. The number of hydrogen-bond acceptors (Lipinski definition) is 2. The highest BCUT2D eigenvalue weighted by Crippen LogP contribution is 2.36. The topological polar surface area (TPSA) is 21.3 Å². The third kappa shape index (κ3) is 3.83. The maximum Gasteiger partial charge on any atom is 0.0870 e. The maximum absolute atomic E-state index is 6.21. The highest BCUT2D eigenvalue weighted by Gasteiger charge is 2.37. The van der Waals surface area contributed by atoms with Crippen molar-refractivity contribution in [3.8, 4) is 0 Å². The van der Waals surface area contributed by atoms with Crippen molar-refractivity contribution >= 4 is 0 Å². The molecule has 2 heteroatoms. The monoisotopic (exact) mass is 277 g/mol. The first-order valence-corrected chi connectivity index (χ1v) is 7.98. The number of nitrogens with one attached hydrogen (secondary N) is 1. The number of rotatable bonds is 8. The van der Waals surface area contributed by atoms with E-state index in [1.54, 1.807) is 0 Å². The van der Waals surface area contributed by atoms with Crippen molar-refractivity contribution in [1.29, 1.82) is 0 Å². The van der Waals surface area contributed by atoms with Crippen molar-refractivity contribution in [2.24, 2.45) is 0 Å². The molecule has 0 spiro atoms. The highest BCUT2D eigenvalue weighted by molar-refractivity contribution is 5.32. The Kier molecular flexibility index (Phi) is 6.70. The molecular weight excluding hydrogens is 246 g/mol. The van der Waals surface area contributed by atoms with E-state index in [1.807, 2.05) is 0 Å². The Morgan fingerprint density at radius 3 is 1.95 bits per heavy atom. The summed E-state index contributed by atoms with van der Waals surface area (Å²) in [6, 6.07) is 7.06. The Morgan fingerprint density at radius 1 is 1.00 bits per heavy atom. The predicted octanol–water partition coefficient (Wildman–Crippen LogP) is 4.55. The van der Waals surface area contributed by atoms with E-state index in [2.05, 4.69) is 65.1 Å². The molecule has 1 atom stereocenters. The highest BCUT2D eigenvalue weighted by atomic mass is 16.5. The van der Waals surface area contributed by atoms with Crippen molar-refractivity contribution in [3.63, 3.8) is 0 Å². The molecule has 2 nitrogen and oxygen atoms in total. The van der Waals surface area contributed by atoms with Gasteiger partial charge in [0, 0.05) is 6.61 Å². The smallest absolute Gasteiger partial charge is 0.0870 e.